The van der Waals surface area contributed by atoms with Gasteiger partial charge in [0.15, 0.2) is 11.5 Å². The molecule has 2 fully saturated rings. The summed E-state index contributed by atoms with van der Waals surface area (Å²) < 4.78 is 22.1. The summed E-state index contributed by atoms with van der Waals surface area (Å²) in [4.78, 5) is 14.7. The minimum atomic E-state index is -0.0156. The number of carbonyl (C=O) groups is 1. The molecule has 0 aromatic heterocycles. The third-order valence-corrected chi connectivity index (χ3v) is 4.94. The van der Waals surface area contributed by atoms with Gasteiger partial charge in [-0.05, 0) is 30.5 Å². The van der Waals surface area contributed by atoms with Crippen molar-refractivity contribution < 1.29 is 23.7 Å². The average Bonchev–Trinajstić information content (AvgIpc) is 3.10. The van der Waals surface area contributed by atoms with E-state index in [9.17, 15) is 4.79 Å². The Hall–Kier alpha value is -1.79. The Labute approximate surface area is 135 Å². The lowest BCUT2D eigenvalue weighted by molar-refractivity contribution is -0.134. The maximum Gasteiger partial charge on any atom is 0.231 e. The molecule has 0 radical (unpaired) electrons. The van der Waals surface area contributed by atoms with Crippen LogP contribution >= 0.6 is 0 Å². The first-order chi connectivity index (χ1) is 11.3. The molecule has 124 valence electrons. The lowest BCUT2D eigenvalue weighted by atomic mass is 10.1. The lowest BCUT2D eigenvalue weighted by Crippen LogP contribution is -2.46. The van der Waals surface area contributed by atoms with Crippen molar-refractivity contribution in [3.8, 4) is 11.5 Å². The summed E-state index contributed by atoms with van der Waals surface area (Å²) >= 11 is 0. The largest absolute Gasteiger partial charge is 0.454 e. The number of nitrogens with zero attached hydrogens (tertiary/aromatic N) is 1. The molecule has 4 rings (SSSR count). The highest BCUT2D eigenvalue weighted by Crippen LogP contribution is 2.34. The molecule has 1 aliphatic carbocycles. The zero-order chi connectivity index (χ0) is 15.8. The summed E-state index contributed by atoms with van der Waals surface area (Å²) in [5.41, 5.74) is 0.938. The van der Waals surface area contributed by atoms with Crippen molar-refractivity contribution in [2.75, 3.05) is 27.1 Å². The molecule has 1 saturated heterocycles. The van der Waals surface area contributed by atoms with Gasteiger partial charge < -0.3 is 23.8 Å². The molecule has 3 aliphatic rings. The van der Waals surface area contributed by atoms with Crippen LogP contribution in [0.15, 0.2) is 18.2 Å². The molecule has 0 spiro atoms. The van der Waals surface area contributed by atoms with E-state index in [0.717, 1.165) is 24.2 Å². The van der Waals surface area contributed by atoms with Crippen molar-refractivity contribution in [2.45, 2.75) is 37.5 Å². The zero-order valence-electron chi connectivity index (χ0n) is 13.2. The van der Waals surface area contributed by atoms with E-state index in [1.807, 2.05) is 23.1 Å². The Morgan fingerprint density at radius 3 is 3.04 bits per heavy atom. The number of benzene rings is 1. The van der Waals surface area contributed by atoms with Crippen LogP contribution < -0.4 is 9.47 Å². The van der Waals surface area contributed by atoms with Gasteiger partial charge in [0.25, 0.3) is 0 Å². The van der Waals surface area contributed by atoms with Gasteiger partial charge in [-0.2, -0.15) is 0 Å². The number of hydrogen-bond acceptors (Lipinski definition) is 5. The van der Waals surface area contributed by atoms with Gasteiger partial charge in [0.05, 0.1) is 25.2 Å². The van der Waals surface area contributed by atoms with E-state index in [4.69, 9.17) is 18.9 Å². The summed E-state index contributed by atoms with van der Waals surface area (Å²) in [6.07, 6.45) is 2.35. The van der Waals surface area contributed by atoms with E-state index < -0.39 is 0 Å². The highest BCUT2D eigenvalue weighted by molar-refractivity contribution is 5.79. The van der Waals surface area contributed by atoms with E-state index in [-0.39, 0.29) is 30.9 Å². The Morgan fingerprint density at radius 2 is 2.17 bits per heavy atom. The molecule has 6 heteroatoms. The second kappa shape index (κ2) is 6.02. The number of methoxy groups -OCH3 is 1. The van der Waals surface area contributed by atoms with Gasteiger partial charge in [-0.1, -0.05) is 6.07 Å². The SMILES string of the molecule is CO[C@@H]1[C@H]2CC[C@H]1OCCN2C(=O)Cc1ccc2c(c1)OCO2. The maximum atomic E-state index is 12.8. The van der Waals surface area contributed by atoms with E-state index in [2.05, 4.69) is 0 Å². The van der Waals surface area contributed by atoms with Crippen molar-refractivity contribution in [3.63, 3.8) is 0 Å². The highest BCUT2D eigenvalue weighted by atomic mass is 16.7. The molecular weight excluding hydrogens is 298 g/mol. The van der Waals surface area contributed by atoms with E-state index in [1.165, 1.54) is 0 Å². The molecular formula is C17H21NO5. The summed E-state index contributed by atoms with van der Waals surface area (Å²) in [7, 11) is 1.70. The number of fused-ring (bicyclic) bond motifs is 3. The summed E-state index contributed by atoms with van der Waals surface area (Å²) in [6, 6.07) is 5.79. The zero-order valence-corrected chi connectivity index (χ0v) is 13.2. The van der Waals surface area contributed by atoms with Gasteiger partial charge >= 0.3 is 0 Å². The van der Waals surface area contributed by atoms with Crippen molar-refractivity contribution in [3.05, 3.63) is 23.8 Å². The molecule has 0 N–H and O–H groups in total. The van der Waals surface area contributed by atoms with Gasteiger partial charge in [-0.15, -0.1) is 0 Å². The van der Waals surface area contributed by atoms with Crippen LogP contribution in [0.25, 0.3) is 0 Å². The Morgan fingerprint density at radius 1 is 1.30 bits per heavy atom. The van der Waals surface area contributed by atoms with E-state index in [0.29, 0.717) is 25.3 Å². The first-order valence-corrected chi connectivity index (χ1v) is 8.08. The predicted molar refractivity (Wildman–Crippen MR) is 81.5 cm³/mol. The summed E-state index contributed by atoms with van der Waals surface area (Å²) in [5, 5.41) is 0. The van der Waals surface area contributed by atoms with Gasteiger partial charge in [0, 0.05) is 13.7 Å². The number of ether oxygens (including phenoxy) is 4. The predicted octanol–water partition coefficient (Wildman–Crippen LogP) is 1.36. The second-order valence-electron chi connectivity index (χ2n) is 6.21. The lowest BCUT2D eigenvalue weighted by Gasteiger charge is -2.30. The third-order valence-electron chi connectivity index (χ3n) is 4.94. The van der Waals surface area contributed by atoms with Crippen LogP contribution in [0.4, 0.5) is 0 Å². The minimum absolute atomic E-state index is 0.0156. The Kier molecular flexibility index (Phi) is 3.87. The van der Waals surface area contributed by atoms with E-state index in [1.54, 1.807) is 7.11 Å². The number of amides is 1. The van der Waals surface area contributed by atoms with Crippen molar-refractivity contribution >= 4 is 5.91 Å². The number of rotatable bonds is 3. The van der Waals surface area contributed by atoms with Crippen molar-refractivity contribution in [1.82, 2.24) is 4.90 Å². The molecule has 1 aromatic rings. The van der Waals surface area contributed by atoms with Gasteiger partial charge in [-0.3, -0.25) is 4.79 Å². The van der Waals surface area contributed by atoms with Gasteiger partial charge in [0.1, 0.15) is 6.10 Å². The van der Waals surface area contributed by atoms with Crippen LogP contribution in [0.5, 0.6) is 11.5 Å². The quantitative estimate of drug-likeness (QED) is 0.842. The maximum absolute atomic E-state index is 12.8. The molecule has 1 aromatic carbocycles. The first kappa shape index (κ1) is 14.8. The topological polar surface area (TPSA) is 57.2 Å². The fraction of sp³-hybridized carbons (Fsp3) is 0.588. The molecule has 1 amide bonds. The van der Waals surface area contributed by atoms with Gasteiger partial charge in [-0.25, -0.2) is 0 Å². The average molecular weight is 319 g/mol. The number of carbonyl (C=O) groups excluding carboxylic acids is 1. The van der Waals surface area contributed by atoms with Crippen LogP contribution in [0.1, 0.15) is 18.4 Å². The minimum Gasteiger partial charge on any atom is -0.454 e. The van der Waals surface area contributed by atoms with Crippen LogP contribution in [0, 0.1) is 0 Å². The fourth-order valence-corrected chi connectivity index (χ4v) is 3.84. The smallest absolute Gasteiger partial charge is 0.231 e. The second-order valence-corrected chi connectivity index (χ2v) is 6.21. The van der Waals surface area contributed by atoms with Crippen LogP contribution in [-0.4, -0.2) is 56.1 Å². The highest BCUT2D eigenvalue weighted by Gasteiger charge is 2.44. The summed E-state index contributed by atoms with van der Waals surface area (Å²) in [6.45, 7) is 1.45. The monoisotopic (exact) mass is 319 g/mol. The third kappa shape index (κ3) is 2.66. The fourth-order valence-electron chi connectivity index (χ4n) is 3.84. The molecule has 1 saturated carbocycles. The van der Waals surface area contributed by atoms with Crippen LogP contribution in [0.2, 0.25) is 0 Å². The molecule has 6 nitrogen and oxygen atoms in total. The number of hydrogen-bond donors (Lipinski definition) is 0. The molecule has 23 heavy (non-hydrogen) atoms. The van der Waals surface area contributed by atoms with Gasteiger partial charge in [0.2, 0.25) is 12.7 Å². The van der Waals surface area contributed by atoms with Crippen LogP contribution in [-0.2, 0) is 20.7 Å². The standard InChI is InChI=1S/C17H21NO5/c1-20-17-12-3-5-14(17)21-7-6-18(12)16(19)9-11-2-4-13-15(8-11)23-10-22-13/h2,4,8,12,14,17H,3,5-7,9-10H2,1H3/t12-,14-,17-/m1/s1. The van der Waals surface area contributed by atoms with Crippen LogP contribution in [0.3, 0.4) is 0 Å². The Bertz CT molecular complexity index is 605. The normalized spacial score (nSPS) is 28.7. The molecule has 2 aliphatic heterocycles. The molecule has 0 unspecified atom stereocenters. The van der Waals surface area contributed by atoms with E-state index >= 15 is 0 Å². The summed E-state index contributed by atoms with van der Waals surface area (Å²) in [5.74, 6) is 1.56. The first-order valence-electron chi connectivity index (χ1n) is 8.08. The van der Waals surface area contributed by atoms with Crippen molar-refractivity contribution in [2.24, 2.45) is 0 Å². The molecule has 3 atom stereocenters. The molecule has 2 heterocycles. The van der Waals surface area contributed by atoms with Crippen molar-refractivity contribution in [1.29, 1.82) is 0 Å². The Balaban J connectivity index is 1.49. The molecule has 2 bridgehead atoms.